The van der Waals surface area contributed by atoms with Crippen LogP contribution in [0.3, 0.4) is 0 Å². The minimum Gasteiger partial charge on any atom is -0.0499 e. The summed E-state index contributed by atoms with van der Waals surface area (Å²) in [6, 6.07) is 22.5. The van der Waals surface area contributed by atoms with Crippen molar-refractivity contribution in [3.05, 3.63) is 72.3 Å². The molecule has 3 heterocycles. The zero-order valence-corrected chi connectivity index (χ0v) is 19.6. The first-order chi connectivity index (χ1) is 15.2. The van der Waals surface area contributed by atoms with Gasteiger partial charge in [-0.2, -0.15) is 0 Å². The van der Waals surface area contributed by atoms with E-state index in [2.05, 4.69) is 50.7 Å². The van der Waals surface area contributed by atoms with E-state index in [0.29, 0.717) is 5.95 Å². The van der Waals surface area contributed by atoms with Gasteiger partial charge in [-0.3, -0.25) is 0 Å². The van der Waals surface area contributed by atoms with Crippen LogP contribution in [-0.2, 0) is 0 Å². The largest absolute Gasteiger partial charge is 0.0499 e. The average molecular weight is 526 g/mol. The number of pyridine rings is 1. The molecule has 1 saturated heterocycles. The van der Waals surface area contributed by atoms with Crippen LogP contribution in [0, 0.1) is 6.92 Å². The maximum absolute atomic E-state index is 5.94. The summed E-state index contributed by atoms with van der Waals surface area (Å²) in [5.41, 5.74) is 5.12. The maximum Gasteiger partial charge on any atom is -0.0499 e. The minimum absolute atomic E-state index is 0.0174. The van der Waals surface area contributed by atoms with Crippen molar-refractivity contribution >= 4 is 17.3 Å². The molecular weight excluding hydrogens is 501 g/mol. The van der Waals surface area contributed by atoms with E-state index >= 15 is 0 Å². The van der Waals surface area contributed by atoms with E-state index in [1.54, 1.807) is 0 Å². The summed E-state index contributed by atoms with van der Waals surface area (Å²) in [5.74, 6) is 1.49. The van der Waals surface area contributed by atoms with Crippen molar-refractivity contribution in [2.24, 2.45) is 0 Å². The molecule has 1 N–H and O–H groups in total. The molecule has 2 aromatic carbocycles. The van der Waals surface area contributed by atoms with E-state index in [9.17, 15) is 0 Å². The molecule has 31 heavy (non-hydrogen) atoms. The number of fused-ring (bicyclic) bond motifs is 1. The van der Waals surface area contributed by atoms with Crippen molar-refractivity contribution in [1.82, 2.24) is 17.7 Å². The molecule has 4 aromatic rings. The third kappa shape index (κ3) is 4.83. The van der Waals surface area contributed by atoms with Gasteiger partial charge in [0.05, 0.1) is 0 Å². The molecule has 160 valence electrons. The molecule has 6 nitrogen and oxygen atoms in total. The number of anilines is 2. The molecule has 2 aromatic heterocycles. The van der Waals surface area contributed by atoms with Crippen molar-refractivity contribution in [3.63, 3.8) is 0 Å². The van der Waals surface area contributed by atoms with E-state index in [0.717, 1.165) is 33.0 Å². The molecule has 0 saturated carbocycles. The molecule has 0 spiro atoms. The average Bonchev–Trinajstić information content (AvgIpc) is 3.44. The maximum atomic E-state index is 5.94. The number of nitrogens with one attached hydrogen (secondary N) is 1. The van der Waals surface area contributed by atoms with Gasteiger partial charge in [-0.05, 0) is 13.0 Å². The van der Waals surface area contributed by atoms with E-state index in [-0.39, 0.29) is 21.5 Å². The number of aryl methyl sites for hydroxylation is 1. The van der Waals surface area contributed by atoms with Crippen molar-refractivity contribution in [2.45, 2.75) is 19.8 Å². The fourth-order valence-corrected chi connectivity index (χ4v) is 5.96. The van der Waals surface area contributed by atoms with Crippen LogP contribution in [-0.4, -0.2) is 35.4 Å². The number of alkyl halides is 1. The summed E-state index contributed by atoms with van der Waals surface area (Å²) in [4.78, 5) is 4.64. The Morgan fingerprint density at radius 3 is 2.61 bits per heavy atom. The number of hydrogen-bond donors (Lipinski definition) is 1. The van der Waals surface area contributed by atoms with Gasteiger partial charge in [0.25, 0.3) is 0 Å². The molecule has 7 heteroatoms. The van der Waals surface area contributed by atoms with Gasteiger partial charge < -0.3 is 0 Å². The van der Waals surface area contributed by atoms with Crippen LogP contribution in [0.2, 0.25) is 0 Å². The van der Waals surface area contributed by atoms with E-state index in [1.165, 1.54) is 31.5 Å². The predicted octanol–water partition coefficient (Wildman–Crippen LogP) is 1.88. The molecule has 0 radical (unpaired) electrons. The second-order valence-electron chi connectivity index (χ2n) is 7.63. The normalized spacial score (nSPS) is 14.4. The quantitative estimate of drug-likeness (QED) is 0.227. The first-order valence-corrected chi connectivity index (χ1v) is 13.0. The summed E-state index contributed by atoms with van der Waals surface area (Å²) < 4.78 is 11.2. The predicted molar refractivity (Wildman–Crippen MR) is 119 cm³/mol. The molecule has 0 atom stereocenters. The number of benzene rings is 2. The number of halogens is 1. The van der Waals surface area contributed by atoms with Gasteiger partial charge in [0.1, 0.15) is 0 Å². The van der Waals surface area contributed by atoms with Crippen LogP contribution in [0.1, 0.15) is 18.4 Å². The van der Waals surface area contributed by atoms with Crippen LogP contribution in [0.15, 0.2) is 66.7 Å². The summed E-state index contributed by atoms with van der Waals surface area (Å²) in [6.07, 6.45) is 2.67. The number of aromatic nitrogens is 3. The summed E-state index contributed by atoms with van der Waals surface area (Å²) in [7, 11) is 0. The van der Waals surface area contributed by atoms with Gasteiger partial charge in [-0.25, -0.2) is 0 Å². The van der Waals surface area contributed by atoms with Crippen LogP contribution in [0.5, 0.6) is 5.75 Å². The molecule has 0 unspecified atom stereocenters. The van der Waals surface area contributed by atoms with Gasteiger partial charge in [-0.1, -0.05) is 23.8 Å². The van der Waals surface area contributed by atoms with Crippen LogP contribution in [0.4, 0.5) is 11.6 Å². The Balaban J connectivity index is 1.27. The molecule has 5 rings (SSSR count). The standard InChI is InChI=1S/C24H25IN5O/c1-18-6-4-7-19(16-18)22-8-5-9-23-27-24(28-30(22)23)26-20-10-12-21(13-11-20)31-17-25-29-14-2-3-15-29/h4-13,16H,2-3,14-15,17H2,1H3,(H,26,28)/q-1. The topological polar surface area (TPSA) is 54.7 Å². The van der Waals surface area contributed by atoms with Gasteiger partial charge >= 0.3 is 157 Å². The van der Waals surface area contributed by atoms with Crippen LogP contribution in [0.25, 0.3) is 16.9 Å². The molecule has 0 bridgehead atoms. The molecule has 1 fully saturated rings. The van der Waals surface area contributed by atoms with Gasteiger partial charge in [0, 0.05) is 0 Å². The van der Waals surface area contributed by atoms with Gasteiger partial charge in [0.2, 0.25) is 0 Å². The Bertz CT molecular complexity index is 1170. The van der Waals surface area contributed by atoms with Crippen LogP contribution >= 0.6 is 0 Å². The van der Waals surface area contributed by atoms with Crippen molar-refractivity contribution in [1.29, 1.82) is 0 Å². The van der Waals surface area contributed by atoms with E-state index in [1.807, 2.05) is 40.9 Å². The zero-order valence-electron chi connectivity index (χ0n) is 17.5. The summed E-state index contributed by atoms with van der Waals surface area (Å²) in [5, 5.41) is 8.00. The minimum atomic E-state index is -0.0174. The van der Waals surface area contributed by atoms with Crippen molar-refractivity contribution in [2.75, 3.05) is 23.0 Å². The number of nitrogens with zero attached hydrogens (tertiary/aromatic N) is 4. The Morgan fingerprint density at radius 2 is 1.81 bits per heavy atom. The Kier molecular flexibility index (Phi) is 6.04. The first-order valence-electron chi connectivity index (χ1n) is 10.5. The fraction of sp³-hybridized carbons (Fsp3) is 0.250. The monoisotopic (exact) mass is 526 g/mol. The van der Waals surface area contributed by atoms with Gasteiger partial charge in [0.15, 0.2) is 0 Å². The molecule has 1 aliphatic heterocycles. The van der Waals surface area contributed by atoms with Crippen molar-refractivity contribution in [3.8, 4) is 17.0 Å². The summed E-state index contributed by atoms with van der Waals surface area (Å²) >= 11 is -0.0174. The molecule has 0 aliphatic carbocycles. The molecule has 0 amide bonds. The second-order valence-corrected chi connectivity index (χ2v) is 10.3. The molecular formula is C24H25IN5O-. The Hall–Kier alpha value is -2.65. The third-order valence-corrected chi connectivity index (χ3v) is 7.79. The van der Waals surface area contributed by atoms with Gasteiger partial charge in [-0.15, -0.1) is 0 Å². The summed E-state index contributed by atoms with van der Waals surface area (Å²) in [6.45, 7) is 4.59. The fourth-order valence-electron chi connectivity index (χ4n) is 3.70. The zero-order chi connectivity index (χ0) is 21.0. The Morgan fingerprint density at radius 1 is 1.00 bits per heavy atom. The van der Waals surface area contributed by atoms with Crippen LogP contribution < -0.4 is 31.5 Å². The van der Waals surface area contributed by atoms with E-state index in [4.69, 9.17) is 9.84 Å². The smallest absolute Gasteiger partial charge is 0.0499 e. The number of rotatable bonds is 7. The molecule has 1 aliphatic rings. The Labute approximate surface area is 192 Å². The van der Waals surface area contributed by atoms with Crippen molar-refractivity contribution < 1.29 is 26.2 Å². The third-order valence-electron chi connectivity index (χ3n) is 5.27. The first kappa shape index (κ1) is 20.3. The number of hydrogen-bond acceptors (Lipinski definition) is 5. The second kappa shape index (κ2) is 9.23. The SMILES string of the molecule is Cc1cccc(-c2cccc3nc(Nc4ccc(OC[I-]N5CCCC5)cc4)nn23)c1. The van der Waals surface area contributed by atoms with E-state index < -0.39 is 0 Å². The number of ether oxygens (including phenoxy) is 1.